The number of nitrogens with one attached hydrogen (secondary N) is 1. The summed E-state index contributed by atoms with van der Waals surface area (Å²) in [6, 6.07) is 9.71. The highest BCUT2D eigenvalue weighted by atomic mass is 32.2. The number of benzene rings is 1. The first-order chi connectivity index (χ1) is 8.79. The molecule has 0 amide bonds. The molecule has 0 radical (unpaired) electrons. The fourth-order valence-corrected chi connectivity index (χ4v) is 2.13. The Balaban J connectivity index is 1.98. The van der Waals surface area contributed by atoms with Crippen LogP contribution >= 0.6 is 11.8 Å². The summed E-state index contributed by atoms with van der Waals surface area (Å²) in [5.41, 5.74) is 7.44. The fourth-order valence-electron chi connectivity index (χ4n) is 1.62. The van der Waals surface area contributed by atoms with E-state index in [1.807, 2.05) is 30.3 Å². The van der Waals surface area contributed by atoms with Gasteiger partial charge < -0.3 is 11.1 Å². The first-order valence-corrected chi connectivity index (χ1v) is 6.86. The van der Waals surface area contributed by atoms with Crippen LogP contribution in [0.1, 0.15) is 0 Å². The Morgan fingerprint density at radius 2 is 2.22 bits per heavy atom. The van der Waals surface area contributed by atoms with E-state index >= 15 is 0 Å². The summed E-state index contributed by atoms with van der Waals surface area (Å²) in [5, 5.41) is 4.34. The molecule has 1 aromatic heterocycles. The number of nitrogens with two attached hydrogens (primary N) is 1. The Morgan fingerprint density at radius 1 is 1.33 bits per heavy atom. The van der Waals surface area contributed by atoms with Gasteiger partial charge in [-0.2, -0.15) is 0 Å². The van der Waals surface area contributed by atoms with Crippen molar-refractivity contribution in [1.82, 2.24) is 4.98 Å². The number of terminal acetylenes is 1. The van der Waals surface area contributed by atoms with E-state index in [2.05, 4.69) is 16.2 Å². The van der Waals surface area contributed by atoms with Crippen molar-refractivity contribution < 1.29 is 0 Å². The Kier molecular flexibility index (Phi) is 4.32. The van der Waals surface area contributed by atoms with Gasteiger partial charge in [0.25, 0.3) is 0 Å². The van der Waals surface area contributed by atoms with Gasteiger partial charge in [-0.1, -0.05) is 5.92 Å². The zero-order valence-corrected chi connectivity index (χ0v) is 10.8. The van der Waals surface area contributed by atoms with Gasteiger partial charge in [0.2, 0.25) is 0 Å². The minimum Gasteiger partial charge on any atom is -0.399 e. The largest absolute Gasteiger partial charge is 0.399 e. The van der Waals surface area contributed by atoms with Crippen molar-refractivity contribution in [2.45, 2.75) is 0 Å². The summed E-state index contributed by atoms with van der Waals surface area (Å²) in [4.78, 5) is 4.52. The zero-order chi connectivity index (χ0) is 12.8. The molecule has 4 heteroatoms. The first-order valence-electron chi connectivity index (χ1n) is 5.71. The molecule has 0 atom stereocenters. The second-order valence-corrected chi connectivity index (χ2v) is 4.94. The quantitative estimate of drug-likeness (QED) is 0.491. The van der Waals surface area contributed by atoms with Crippen molar-refractivity contribution >= 4 is 34.2 Å². The van der Waals surface area contributed by atoms with E-state index in [1.165, 1.54) is 0 Å². The summed E-state index contributed by atoms with van der Waals surface area (Å²) in [7, 11) is 0. The molecule has 1 aromatic carbocycles. The monoisotopic (exact) mass is 257 g/mol. The number of nitrogen functional groups attached to an aromatic ring is 1. The average molecular weight is 257 g/mol. The minimum absolute atomic E-state index is 0.756. The maximum Gasteiger partial charge on any atom is 0.126 e. The van der Waals surface area contributed by atoms with Crippen LogP contribution in [0.3, 0.4) is 0 Å². The van der Waals surface area contributed by atoms with Crippen LogP contribution < -0.4 is 11.1 Å². The van der Waals surface area contributed by atoms with Crippen LogP contribution in [-0.2, 0) is 0 Å². The molecule has 18 heavy (non-hydrogen) atoms. The zero-order valence-electron chi connectivity index (χ0n) is 10.0. The van der Waals surface area contributed by atoms with E-state index in [0.29, 0.717) is 0 Å². The second-order valence-electron chi connectivity index (χ2n) is 3.83. The molecule has 0 spiro atoms. The molecule has 92 valence electrons. The van der Waals surface area contributed by atoms with Crippen LogP contribution in [0.15, 0.2) is 30.3 Å². The topological polar surface area (TPSA) is 50.9 Å². The van der Waals surface area contributed by atoms with E-state index in [-0.39, 0.29) is 0 Å². The molecule has 0 bridgehead atoms. The molecule has 0 unspecified atom stereocenters. The molecule has 0 fully saturated rings. The summed E-state index contributed by atoms with van der Waals surface area (Å²) in [6.45, 7) is 0.861. The summed E-state index contributed by atoms with van der Waals surface area (Å²) < 4.78 is 0. The Morgan fingerprint density at radius 3 is 3.06 bits per heavy atom. The number of aromatic nitrogens is 1. The maximum absolute atomic E-state index is 5.73. The third-order valence-corrected chi connectivity index (χ3v) is 3.31. The maximum atomic E-state index is 5.73. The molecule has 0 saturated heterocycles. The molecule has 2 rings (SSSR count). The fraction of sp³-hybridized carbons (Fsp3) is 0.214. The number of rotatable bonds is 5. The van der Waals surface area contributed by atoms with Gasteiger partial charge in [0.15, 0.2) is 0 Å². The Hall–Kier alpha value is -1.86. The Labute approximate surface area is 111 Å². The summed E-state index contributed by atoms with van der Waals surface area (Å²) >= 11 is 1.74. The van der Waals surface area contributed by atoms with Crippen LogP contribution in [0.4, 0.5) is 11.5 Å². The predicted octanol–water partition coefficient (Wildman–Crippen LogP) is 2.60. The van der Waals surface area contributed by atoms with Gasteiger partial charge in [-0.05, 0) is 30.3 Å². The number of anilines is 2. The average Bonchev–Trinajstić information content (AvgIpc) is 2.38. The molecule has 1 heterocycles. The van der Waals surface area contributed by atoms with E-state index in [4.69, 9.17) is 12.2 Å². The first kappa shape index (κ1) is 12.6. The van der Waals surface area contributed by atoms with Gasteiger partial charge in [0, 0.05) is 23.4 Å². The van der Waals surface area contributed by atoms with E-state index < -0.39 is 0 Å². The molecule has 0 saturated carbocycles. The van der Waals surface area contributed by atoms with Gasteiger partial charge in [-0.15, -0.1) is 18.2 Å². The van der Waals surface area contributed by atoms with E-state index in [9.17, 15) is 0 Å². The van der Waals surface area contributed by atoms with E-state index in [0.717, 1.165) is 40.5 Å². The lowest BCUT2D eigenvalue weighted by Crippen LogP contribution is -2.05. The Bertz CT molecular complexity index is 575. The highest BCUT2D eigenvalue weighted by Gasteiger charge is 1.98. The van der Waals surface area contributed by atoms with Gasteiger partial charge in [-0.3, -0.25) is 0 Å². The van der Waals surface area contributed by atoms with Gasteiger partial charge >= 0.3 is 0 Å². The lowest BCUT2D eigenvalue weighted by Gasteiger charge is -2.06. The molecule has 3 nitrogen and oxygen atoms in total. The lowest BCUT2D eigenvalue weighted by atomic mass is 10.2. The normalized spacial score (nSPS) is 10.2. The van der Waals surface area contributed by atoms with Gasteiger partial charge in [-0.25, -0.2) is 4.98 Å². The van der Waals surface area contributed by atoms with Crippen LogP contribution in [0.25, 0.3) is 10.9 Å². The third kappa shape index (κ3) is 3.31. The van der Waals surface area contributed by atoms with Gasteiger partial charge in [0.1, 0.15) is 5.82 Å². The highest BCUT2D eigenvalue weighted by molar-refractivity contribution is 7.99. The summed E-state index contributed by atoms with van der Waals surface area (Å²) in [6.07, 6.45) is 5.18. The molecule has 0 aliphatic rings. The van der Waals surface area contributed by atoms with Crippen molar-refractivity contribution in [2.75, 3.05) is 29.1 Å². The SMILES string of the molecule is C#CCSCCNc1ccc2cc(N)ccc2n1. The predicted molar refractivity (Wildman–Crippen MR) is 80.8 cm³/mol. The number of nitrogens with zero attached hydrogens (tertiary/aromatic N) is 1. The third-order valence-electron chi connectivity index (χ3n) is 2.45. The standard InChI is InChI=1S/C14H15N3S/c1-2-8-18-9-7-16-14-6-3-11-10-12(15)4-5-13(11)17-14/h1,3-6,10H,7-9,15H2,(H,16,17). The van der Waals surface area contributed by atoms with Crippen molar-refractivity contribution in [3.8, 4) is 12.3 Å². The smallest absolute Gasteiger partial charge is 0.126 e. The minimum atomic E-state index is 0.756. The second kappa shape index (κ2) is 6.18. The number of pyridine rings is 1. The van der Waals surface area contributed by atoms with Gasteiger partial charge in [0.05, 0.1) is 11.3 Å². The number of thioether (sulfide) groups is 1. The lowest BCUT2D eigenvalue weighted by molar-refractivity contribution is 1.19. The van der Waals surface area contributed by atoms with Crippen LogP contribution in [0.5, 0.6) is 0 Å². The highest BCUT2D eigenvalue weighted by Crippen LogP contribution is 2.17. The van der Waals surface area contributed by atoms with Crippen molar-refractivity contribution in [1.29, 1.82) is 0 Å². The number of hydrogen-bond acceptors (Lipinski definition) is 4. The molecule has 3 N–H and O–H groups in total. The van der Waals surface area contributed by atoms with Crippen molar-refractivity contribution in [2.24, 2.45) is 0 Å². The van der Waals surface area contributed by atoms with Crippen molar-refractivity contribution in [3.05, 3.63) is 30.3 Å². The van der Waals surface area contributed by atoms with Crippen LogP contribution in [-0.4, -0.2) is 23.0 Å². The molecule has 0 aliphatic heterocycles. The van der Waals surface area contributed by atoms with Crippen LogP contribution in [0.2, 0.25) is 0 Å². The number of hydrogen-bond donors (Lipinski definition) is 2. The van der Waals surface area contributed by atoms with Crippen LogP contribution in [0, 0.1) is 12.3 Å². The molecule has 2 aromatic rings. The van der Waals surface area contributed by atoms with Crippen molar-refractivity contribution in [3.63, 3.8) is 0 Å². The number of fused-ring (bicyclic) bond motifs is 1. The van der Waals surface area contributed by atoms with E-state index in [1.54, 1.807) is 11.8 Å². The molecular formula is C14H15N3S. The molecule has 0 aliphatic carbocycles. The molecular weight excluding hydrogens is 242 g/mol. The summed E-state index contributed by atoms with van der Waals surface area (Å²) in [5.74, 6) is 5.22.